The molecule has 0 heterocycles. The minimum Gasteiger partial charge on any atom is -0.287 e. The van der Waals surface area contributed by atoms with Crippen molar-refractivity contribution in [2.75, 3.05) is 0 Å². The summed E-state index contributed by atoms with van der Waals surface area (Å²) in [5.74, 6) is 7.76. The SMILES string of the molecule is CC#CC#CNI. The molecular weight excluding hydrogens is 201 g/mol. The summed E-state index contributed by atoms with van der Waals surface area (Å²) < 4.78 is 2.61. The molecule has 0 rings (SSSR count). The summed E-state index contributed by atoms with van der Waals surface area (Å²) in [6.45, 7) is 1.75. The zero-order chi connectivity index (χ0) is 5.54. The van der Waals surface area contributed by atoms with Crippen LogP contribution >= 0.6 is 22.9 Å². The molecule has 0 saturated heterocycles. The lowest BCUT2D eigenvalue weighted by atomic mass is 10.6. The second-order valence-electron chi connectivity index (χ2n) is 0.719. The number of nitrogens with one attached hydrogen (secondary N) is 1. The van der Waals surface area contributed by atoms with Crippen LogP contribution in [-0.4, -0.2) is 0 Å². The third-order valence-electron chi connectivity index (χ3n) is 0.297. The summed E-state index contributed by atoms with van der Waals surface area (Å²) in [6.07, 6.45) is 0. The van der Waals surface area contributed by atoms with Gasteiger partial charge in [-0.05, 0) is 12.8 Å². The van der Waals surface area contributed by atoms with Gasteiger partial charge in [-0.25, -0.2) is 0 Å². The van der Waals surface area contributed by atoms with Crippen molar-refractivity contribution < 1.29 is 0 Å². The Morgan fingerprint density at radius 1 is 1.43 bits per heavy atom. The molecule has 1 N–H and O–H groups in total. The molecule has 7 heavy (non-hydrogen) atoms. The Morgan fingerprint density at radius 3 is 2.57 bits per heavy atom. The largest absolute Gasteiger partial charge is 0.287 e. The van der Waals surface area contributed by atoms with Gasteiger partial charge < -0.3 is 0 Å². The van der Waals surface area contributed by atoms with Gasteiger partial charge in [-0.3, -0.25) is 3.53 Å². The van der Waals surface area contributed by atoms with Crippen molar-refractivity contribution >= 4 is 22.9 Å². The van der Waals surface area contributed by atoms with E-state index in [2.05, 4.69) is 27.3 Å². The predicted octanol–water partition coefficient (Wildman–Crippen LogP) is 0.910. The van der Waals surface area contributed by atoms with Crippen LogP contribution in [0.4, 0.5) is 0 Å². The summed E-state index contributed by atoms with van der Waals surface area (Å²) in [6, 6.07) is 2.56. The molecule has 0 atom stereocenters. The standard InChI is InChI=1S/C5H4IN/c1-2-3-4-5-7-6/h7H,1H3. The zero-order valence-corrected chi connectivity index (χ0v) is 6.04. The first-order valence-corrected chi connectivity index (χ1v) is 2.77. The smallest absolute Gasteiger partial charge is 0.0645 e. The van der Waals surface area contributed by atoms with Gasteiger partial charge in [-0.1, -0.05) is 5.92 Å². The molecule has 36 valence electrons. The summed E-state index contributed by atoms with van der Waals surface area (Å²) in [7, 11) is 0. The van der Waals surface area contributed by atoms with E-state index >= 15 is 0 Å². The highest BCUT2D eigenvalue weighted by molar-refractivity contribution is 14.1. The molecule has 2 heteroatoms. The Balaban J connectivity index is 3.39. The third-order valence-corrected chi connectivity index (χ3v) is 0.567. The normalized spacial score (nSPS) is 4.29. The van der Waals surface area contributed by atoms with Crippen molar-refractivity contribution in [3.05, 3.63) is 0 Å². The van der Waals surface area contributed by atoms with Gasteiger partial charge >= 0.3 is 0 Å². The van der Waals surface area contributed by atoms with Gasteiger partial charge in [0.1, 0.15) is 0 Å². The maximum absolute atomic E-state index is 2.64. The molecule has 0 spiro atoms. The molecule has 0 aliphatic rings. The second-order valence-corrected chi connectivity index (χ2v) is 1.26. The minimum atomic E-state index is 1.75. The summed E-state index contributed by atoms with van der Waals surface area (Å²) in [4.78, 5) is 0. The van der Waals surface area contributed by atoms with Crippen molar-refractivity contribution in [3.63, 3.8) is 0 Å². The van der Waals surface area contributed by atoms with Crippen molar-refractivity contribution in [2.45, 2.75) is 6.92 Å². The molecule has 0 unspecified atom stereocenters. The second kappa shape index (κ2) is 5.65. The van der Waals surface area contributed by atoms with Crippen LogP contribution in [0.2, 0.25) is 0 Å². The van der Waals surface area contributed by atoms with E-state index in [1.165, 1.54) is 0 Å². The lowest BCUT2D eigenvalue weighted by Gasteiger charge is -1.64. The molecule has 0 radical (unpaired) electrons. The predicted molar refractivity (Wildman–Crippen MR) is 38.4 cm³/mol. The van der Waals surface area contributed by atoms with Gasteiger partial charge in [-0.15, -0.1) is 0 Å². The highest BCUT2D eigenvalue weighted by atomic mass is 127. The fourth-order valence-corrected chi connectivity index (χ4v) is 0.252. The van der Waals surface area contributed by atoms with Crippen molar-refractivity contribution in [1.29, 1.82) is 0 Å². The molecule has 1 nitrogen and oxygen atoms in total. The Bertz CT molecular complexity index is 141. The molecule has 0 aromatic heterocycles. The number of halogens is 1. The van der Waals surface area contributed by atoms with E-state index in [0.29, 0.717) is 0 Å². The molecule has 0 fully saturated rings. The Labute approximate surface area is 57.4 Å². The lowest BCUT2D eigenvalue weighted by Crippen LogP contribution is -1.77. The van der Waals surface area contributed by atoms with Gasteiger partial charge in [0.2, 0.25) is 0 Å². The van der Waals surface area contributed by atoms with E-state index in [9.17, 15) is 0 Å². The average Bonchev–Trinajstić information content (AvgIpc) is 1.69. The zero-order valence-electron chi connectivity index (χ0n) is 3.88. The van der Waals surface area contributed by atoms with E-state index in [1.54, 1.807) is 6.92 Å². The molecule has 0 aromatic carbocycles. The Morgan fingerprint density at radius 2 is 2.14 bits per heavy atom. The van der Waals surface area contributed by atoms with Crippen LogP contribution in [0.3, 0.4) is 0 Å². The molecule has 0 bridgehead atoms. The molecule has 0 aliphatic heterocycles. The monoisotopic (exact) mass is 205 g/mol. The first-order chi connectivity index (χ1) is 3.41. The Hall–Kier alpha value is -0.350. The number of rotatable bonds is 0. The Kier molecular flexibility index (Phi) is 5.37. The fourth-order valence-electron chi connectivity index (χ4n) is 0.117. The maximum atomic E-state index is 2.64. The molecule has 0 amide bonds. The molecule has 0 aliphatic carbocycles. The minimum absolute atomic E-state index is 1.75. The van der Waals surface area contributed by atoms with Crippen LogP contribution in [-0.2, 0) is 0 Å². The quantitative estimate of drug-likeness (QED) is 0.268. The van der Waals surface area contributed by atoms with Crippen LogP contribution in [0.15, 0.2) is 0 Å². The molecular formula is C5H4IN. The lowest BCUT2D eigenvalue weighted by molar-refractivity contribution is 1.61. The maximum Gasteiger partial charge on any atom is 0.0645 e. The van der Waals surface area contributed by atoms with Crippen LogP contribution in [0.5, 0.6) is 0 Å². The summed E-state index contributed by atoms with van der Waals surface area (Å²) in [5, 5.41) is 0. The molecule has 0 saturated carbocycles. The molecule has 0 aromatic rings. The van der Waals surface area contributed by atoms with Gasteiger partial charge in [-0.2, -0.15) is 0 Å². The van der Waals surface area contributed by atoms with Crippen LogP contribution in [0.1, 0.15) is 6.92 Å². The fraction of sp³-hybridized carbons (Fsp3) is 0.200. The highest BCUT2D eigenvalue weighted by Crippen LogP contribution is 1.59. The highest BCUT2D eigenvalue weighted by Gasteiger charge is 1.50. The number of hydrogen-bond acceptors (Lipinski definition) is 1. The van der Waals surface area contributed by atoms with Gasteiger partial charge in [0.25, 0.3) is 0 Å². The van der Waals surface area contributed by atoms with E-state index in [0.717, 1.165) is 0 Å². The van der Waals surface area contributed by atoms with Gasteiger partial charge in [0.15, 0.2) is 0 Å². The van der Waals surface area contributed by atoms with Gasteiger partial charge in [0, 0.05) is 12.0 Å². The average molecular weight is 205 g/mol. The van der Waals surface area contributed by atoms with E-state index in [-0.39, 0.29) is 0 Å². The van der Waals surface area contributed by atoms with E-state index in [1.807, 2.05) is 22.9 Å². The topological polar surface area (TPSA) is 12.0 Å². The van der Waals surface area contributed by atoms with Gasteiger partial charge in [0.05, 0.1) is 22.9 Å². The summed E-state index contributed by atoms with van der Waals surface area (Å²) in [5.41, 5.74) is 0. The summed E-state index contributed by atoms with van der Waals surface area (Å²) >= 11 is 1.94. The van der Waals surface area contributed by atoms with E-state index < -0.39 is 0 Å². The van der Waals surface area contributed by atoms with Crippen LogP contribution in [0.25, 0.3) is 0 Å². The number of hydrogen-bond donors (Lipinski definition) is 1. The third kappa shape index (κ3) is 5.65. The first kappa shape index (κ1) is 6.65. The van der Waals surface area contributed by atoms with Crippen molar-refractivity contribution in [3.8, 4) is 23.8 Å². The van der Waals surface area contributed by atoms with E-state index in [4.69, 9.17) is 0 Å². The van der Waals surface area contributed by atoms with Crippen molar-refractivity contribution in [1.82, 2.24) is 3.53 Å². The van der Waals surface area contributed by atoms with Crippen LogP contribution in [0, 0.1) is 23.8 Å². The first-order valence-electron chi connectivity index (χ1n) is 1.69. The van der Waals surface area contributed by atoms with Crippen molar-refractivity contribution in [2.24, 2.45) is 0 Å². The van der Waals surface area contributed by atoms with Crippen LogP contribution < -0.4 is 3.53 Å².